The number of aryl methyl sites for hydroxylation is 1. The summed E-state index contributed by atoms with van der Waals surface area (Å²) in [6.45, 7) is 5.29. The normalized spacial score (nSPS) is 33.7. The van der Waals surface area contributed by atoms with Gasteiger partial charge in [0.25, 0.3) is 5.91 Å². The third-order valence-electron chi connectivity index (χ3n) is 11.6. The first-order chi connectivity index (χ1) is 24.1. The van der Waals surface area contributed by atoms with Crippen molar-refractivity contribution in [1.29, 1.82) is 0 Å². The molecule has 9 nitrogen and oxygen atoms in total. The van der Waals surface area contributed by atoms with Gasteiger partial charge in [-0.2, -0.15) is 0 Å². The molecule has 1 N–H and O–H groups in total. The minimum Gasteiger partial charge on any atom is -0.491 e. The van der Waals surface area contributed by atoms with Crippen molar-refractivity contribution in [1.82, 2.24) is 4.72 Å². The number of hydrogen-bond acceptors (Lipinski definition) is 7. The molecular weight excluding hydrogens is 674 g/mol. The molecule has 1 unspecified atom stereocenters. The van der Waals surface area contributed by atoms with Crippen LogP contribution in [0, 0.1) is 29.1 Å². The topological polar surface area (TPSA) is 107 Å². The number of methoxy groups -OCH3 is 1. The molecule has 5 aliphatic rings. The number of allylic oxidation sites excluding steroid dienone is 1. The molecule has 11 heteroatoms. The minimum atomic E-state index is -3.43. The Kier molecular flexibility index (Phi) is 10.6. The summed E-state index contributed by atoms with van der Waals surface area (Å²) >= 11 is 6.47. The number of halogens is 1. The van der Waals surface area contributed by atoms with Crippen LogP contribution in [0.2, 0.25) is 5.02 Å². The Bertz CT molecular complexity index is 1740. The minimum absolute atomic E-state index is 0.0493. The van der Waals surface area contributed by atoms with E-state index in [1.165, 1.54) is 11.1 Å². The molecule has 5 atom stereocenters. The number of anilines is 1. The molecule has 50 heavy (non-hydrogen) atoms. The highest BCUT2D eigenvalue weighted by Gasteiger charge is 2.50. The SMILES string of the molecule is CO[C@H]1/C=C/C[C@H](C)CS(=O)(NC(=O)C2CC3(CCOC3)C2)=NC(=O)c2ccc3c(c2)N(Cc2ccc(Cl)cc2CCCCO3)C[C@@H]2CC[C@H]21. The number of carbonyl (C=O) groups is 2. The quantitative estimate of drug-likeness (QED) is 0.335. The van der Waals surface area contributed by atoms with E-state index in [9.17, 15) is 13.8 Å². The zero-order valence-electron chi connectivity index (χ0n) is 29.2. The van der Waals surface area contributed by atoms with E-state index in [0.717, 1.165) is 62.4 Å². The van der Waals surface area contributed by atoms with Gasteiger partial charge in [-0.25, -0.2) is 4.21 Å². The van der Waals surface area contributed by atoms with Crippen molar-refractivity contribution in [3.05, 3.63) is 70.3 Å². The van der Waals surface area contributed by atoms with Gasteiger partial charge in [0.15, 0.2) is 0 Å². The number of hydrogen-bond donors (Lipinski definition) is 1. The molecule has 2 amide bonds. The second kappa shape index (κ2) is 15.0. The number of amides is 2. The van der Waals surface area contributed by atoms with Gasteiger partial charge in [-0.3, -0.25) is 14.3 Å². The molecule has 3 aliphatic heterocycles. The van der Waals surface area contributed by atoms with Crippen molar-refractivity contribution in [2.75, 3.05) is 44.1 Å². The molecule has 1 spiro atoms. The second-order valence-corrected chi connectivity index (χ2v) is 17.8. The highest BCUT2D eigenvalue weighted by molar-refractivity contribution is 7.92. The summed E-state index contributed by atoms with van der Waals surface area (Å²) in [6, 6.07) is 11.5. The fourth-order valence-electron chi connectivity index (χ4n) is 8.56. The molecule has 2 saturated carbocycles. The van der Waals surface area contributed by atoms with Gasteiger partial charge in [-0.15, -0.1) is 4.36 Å². The van der Waals surface area contributed by atoms with Crippen LogP contribution in [-0.2, 0) is 37.1 Å². The Hall–Kier alpha value is -2.92. The largest absolute Gasteiger partial charge is 0.491 e. The van der Waals surface area contributed by atoms with Gasteiger partial charge in [0.05, 0.1) is 30.8 Å². The highest BCUT2D eigenvalue weighted by atomic mass is 35.5. The first-order valence-corrected chi connectivity index (χ1v) is 20.4. The van der Waals surface area contributed by atoms with Gasteiger partial charge in [-0.05, 0) is 122 Å². The molecule has 1 saturated heterocycles. The van der Waals surface area contributed by atoms with E-state index in [0.29, 0.717) is 62.2 Å². The summed E-state index contributed by atoms with van der Waals surface area (Å²) in [5.41, 5.74) is 3.59. The summed E-state index contributed by atoms with van der Waals surface area (Å²) in [6.07, 6.45) is 12.1. The second-order valence-electron chi connectivity index (χ2n) is 15.3. The van der Waals surface area contributed by atoms with E-state index < -0.39 is 15.8 Å². The van der Waals surface area contributed by atoms with Crippen molar-refractivity contribution in [2.45, 2.75) is 77.4 Å². The Morgan fingerprint density at radius 2 is 1.98 bits per heavy atom. The van der Waals surface area contributed by atoms with Crippen LogP contribution in [0.4, 0.5) is 5.69 Å². The molecule has 7 rings (SSSR count). The Balaban J connectivity index is 1.27. The summed E-state index contributed by atoms with van der Waals surface area (Å²) in [5, 5.41) is 0.723. The first kappa shape index (κ1) is 35.5. The average Bonchev–Trinajstić information content (AvgIpc) is 3.55. The molecule has 0 aromatic heterocycles. The van der Waals surface area contributed by atoms with Crippen molar-refractivity contribution in [2.24, 2.45) is 33.4 Å². The lowest BCUT2D eigenvalue weighted by atomic mass is 9.61. The van der Waals surface area contributed by atoms with Crippen molar-refractivity contribution >= 4 is 39.0 Å². The molecule has 2 aliphatic carbocycles. The van der Waals surface area contributed by atoms with Crippen LogP contribution in [-0.4, -0.2) is 61.4 Å². The smallest absolute Gasteiger partial charge is 0.286 e. The molecule has 3 heterocycles. The molecular formula is C39H50ClN3O6S. The number of ether oxygens (including phenoxy) is 3. The van der Waals surface area contributed by atoms with Gasteiger partial charge in [0.1, 0.15) is 15.7 Å². The maximum Gasteiger partial charge on any atom is 0.286 e. The maximum atomic E-state index is 14.6. The molecule has 2 aromatic rings. The Labute approximate surface area is 301 Å². The van der Waals surface area contributed by atoms with Crippen LogP contribution in [0.5, 0.6) is 5.75 Å². The van der Waals surface area contributed by atoms with E-state index in [1.54, 1.807) is 13.2 Å². The predicted molar refractivity (Wildman–Crippen MR) is 196 cm³/mol. The van der Waals surface area contributed by atoms with Gasteiger partial charge in [-0.1, -0.05) is 36.7 Å². The van der Waals surface area contributed by atoms with E-state index in [-0.39, 0.29) is 35.0 Å². The molecule has 0 radical (unpaired) electrons. The Morgan fingerprint density at radius 3 is 2.74 bits per heavy atom. The van der Waals surface area contributed by atoms with Crippen LogP contribution in [0.25, 0.3) is 0 Å². The fourth-order valence-corrected chi connectivity index (χ4v) is 10.7. The van der Waals surface area contributed by atoms with Crippen molar-refractivity contribution < 1.29 is 28.0 Å². The Morgan fingerprint density at radius 1 is 1.12 bits per heavy atom. The predicted octanol–water partition coefficient (Wildman–Crippen LogP) is 7.16. The van der Waals surface area contributed by atoms with Gasteiger partial charge in [0.2, 0.25) is 5.91 Å². The number of nitrogens with zero attached hydrogens (tertiary/aromatic N) is 2. The third kappa shape index (κ3) is 7.78. The molecule has 2 bridgehead atoms. The fraction of sp³-hybridized carbons (Fsp3) is 0.590. The summed E-state index contributed by atoms with van der Waals surface area (Å²) in [4.78, 5) is 29.8. The molecule has 270 valence electrons. The number of benzene rings is 2. The highest BCUT2D eigenvalue weighted by Crippen LogP contribution is 2.51. The number of carbonyl (C=O) groups excluding carboxylic acids is 2. The van der Waals surface area contributed by atoms with Crippen molar-refractivity contribution in [3.63, 3.8) is 0 Å². The zero-order valence-corrected chi connectivity index (χ0v) is 30.8. The van der Waals surface area contributed by atoms with E-state index in [4.69, 9.17) is 25.8 Å². The van der Waals surface area contributed by atoms with Crippen LogP contribution in [0.3, 0.4) is 0 Å². The lowest BCUT2D eigenvalue weighted by Gasteiger charge is -2.43. The van der Waals surface area contributed by atoms with Crippen LogP contribution >= 0.6 is 11.6 Å². The number of rotatable bonds is 3. The summed E-state index contributed by atoms with van der Waals surface area (Å²) < 4.78 is 39.7. The average molecular weight is 724 g/mol. The lowest BCUT2D eigenvalue weighted by Crippen LogP contribution is -2.48. The third-order valence-corrected chi connectivity index (χ3v) is 13.8. The van der Waals surface area contributed by atoms with E-state index >= 15 is 0 Å². The monoisotopic (exact) mass is 723 g/mol. The van der Waals surface area contributed by atoms with E-state index in [1.807, 2.05) is 25.1 Å². The summed E-state index contributed by atoms with van der Waals surface area (Å²) in [5.74, 6) is 0.232. The van der Waals surface area contributed by atoms with Crippen molar-refractivity contribution in [3.8, 4) is 5.75 Å². The molecule has 2 aromatic carbocycles. The van der Waals surface area contributed by atoms with Gasteiger partial charge < -0.3 is 19.1 Å². The van der Waals surface area contributed by atoms with Crippen LogP contribution in [0.1, 0.15) is 79.8 Å². The first-order valence-electron chi connectivity index (χ1n) is 18.3. The zero-order chi connectivity index (χ0) is 34.9. The molecule has 3 fully saturated rings. The lowest BCUT2D eigenvalue weighted by molar-refractivity contribution is -0.130. The van der Waals surface area contributed by atoms with Gasteiger partial charge in [0, 0.05) is 43.3 Å². The van der Waals surface area contributed by atoms with E-state index in [2.05, 4.69) is 38.3 Å². The standard InChI is InChI=1S/C39H50ClN3O6S/c1-26-6-5-8-35(47-2)33-13-10-30(33)23-43-22-29-9-12-32(40)18-27(29)7-3-4-16-49-36-14-11-28(19-34(36)43)37(44)41-50(46,24-26)42-38(45)31-20-39(21-31)15-17-48-25-39/h5,8-9,11-12,14,18-19,26,30-31,33,35H,3-4,6-7,10,13,15-17,20-25H2,1-2H3,(H,41,42,44,45,46)/b8-5+/t26-,30-,31?,33+,35-,39?,50?/m0/s1. The van der Waals surface area contributed by atoms with Crippen LogP contribution in [0.15, 0.2) is 52.9 Å². The number of nitrogens with one attached hydrogen (secondary N) is 1. The van der Waals surface area contributed by atoms with Gasteiger partial charge >= 0.3 is 0 Å². The summed E-state index contributed by atoms with van der Waals surface area (Å²) in [7, 11) is -1.66. The van der Waals surface area contributed by atoms with Crippen LogP contribution < -0.4 is 14.4 Å². The maximum absolute atomic E-state index is 14.6. The number of fused-ring (bicyclic) bond motifs is 3.